The fraction of sp³-hybridized carbons (Fsp3) is 0.792. The van der Waals surface area contributed by atoms with Gasteiger partial charge < -0.3 is 50.7 Å². The van der Waals surface area contributed by atoms with E-state index >= 15 is 0 Å². The molecule has 0 saturated carbocycles. The highest BCUT2D eigenvalue weighted by Gasteiger charge is 2.52. The van der Waals surface area contributed by atoms with Crippen LogP contribution in [-0.4, -0.2) is 106 Å². The van der Waals surface area contributed by atoms with E-state index in [2.05, 4.69) is 21.3 Å². The van der Waals surface area contributed by atoms with E-state index in [1.165, 1.54) is 13.8 Å². The number of nitrogens with two attached hydrogens (primary N) is 1. The summed E-state index contributed by atoms with van der Waals surface area (Å²) >= 11 is 0. The first-order valence-electron chi connectivity index (χ1n) is 13.0. The highest BCUT2D eigenvalue weighted by atomic mass is 16.7. The molecule has 0 bridgehead atoms. The third-order valence-electron chi connectivity index (χ3n) is 5.36. The van der Waals surface area contributed by atoms with E-state index in [0.717, 1.165) is 46.3 Å². The molecule has 6 N–H and O–H groups in total. The predicted octanol–water partition coefficient (Wildman–Crippen LogP) is -1.32. The van der Waals surface area contributed by atoms with Crippen molar-refractivity contribution in [2.45, 2.75) is 77.6 Å². The highest BCUT2D eigenvalue weighted by Crippen LogP contribution is 2.28. The van der Waals surface area contributed by atoms with Gasteiger partial charge >= 0.3 is 24.0 Å². The first-order chi connectivity index (χ1) is 18.5. The Balaban J connectivity index is 2.76. The van der Waals surface area contributed by atoms with Crippen molar-refractivity contribution < 1.29 is 47.7 Å². The van der Waals surface area contributed by atoms with Gasteiger partial charge in [0.25, 0.3) is 0 Å². The Kier molecular flexibility index (Phi) is 16.7. The summed E-state index contributed by atoms with van der Waals surface area (Å²) in [5.41, 5.74) is 5.44. The van der Waals surface area contributed by atoms with E-state index in [4.69, 9.17) is 29.4 Å². The maximum atomic E-state index is 12.5. The molecule has 0 aromatic carbocycles. The Bertz CT molecular complexity index is 799. The topological polar surface area (TPSA) is 206 Å². The van der Waals surface area contributed by atoms with Crippen LogP contribution < -0.4 is 27.0 Å². The van der Waals surface area contributed by atoms with Crippen LogP contribution in [0.1, 0.15) is 47.0 Å². The lowest BCUT2D eigenvalue weighted by Gasteiger charge is -2.44. The number of hydrogen-bond acceptors (Lipinski definition) is 13. The standard InChI is InChI=1S/C24H43N5O10/c1-15(30)29-20-22(37-18(4)33)21(36-17(3)32)19(14-35-16(2)31)38-23(20)39-24(34)28-13-7-12-27-11-6-10-26-9-5-8-25/h19-23,26-27H,5-14,25H2,1-4H3,(H,28,34)(H,29,30)/t19?,20?,21-,22?,23-/m0/s1. The van der Waals surface area contributed by atoms with Crippen LogP contribution in [-0.2, 0) is 42.9 Å². The first-order valence-corrected chi connectivity index (χ1v) is 13.0. The van der Waals surface area contributed by atoms with Gasteiger partial charge in [-0.05, 0) is 52.0 Å². The summed E-state index contributed by atoms with van der Waals surface area (Å²) in [5.74, 6) is -2.67. The second-order valence-electron chi connectivity index (χ2n) is 8.90. The molecule has 15 nitrogen and oxygen atoms in total. The Morgan fingerprint density at radius 3 is 1.85 bits per heavy atom. The molecule has 1 saturated heterocycles. The number of hydrogen-bond donors (Lipinski definition) is 5. The van der Waals surface area contributed by atoms with Crippen LogP contribution in [0, 0.1) is 0 Å². The van der Waals surface area contributed by atoms with E-state index in [0.29, 0.717) is 26.1 Å². The molecule has 1 aliphatic heterocycles. The molecular weight excluding hydrogens is 518 g/mol. The quantitative estimate of drug-likeness (QED) is 0.0794. The summed E-state index contributed by atoms with van der Waals surface area (Å²) in [4.78, 5) is 59.5. The number of amides is 2. The Labute approximate surface area is 228 Å². The van der Waals surface area contributed by atoms with E-state index in [-0.39, 0.29) is 0 Å². The highest BCUT2D eigenvalue weighted by molar-refractivity contribution is 5.74. The summed E-state index contributed by atoms with van der Waals surface area (Å²) < 4.78 is 26.9. The minimum Gasteiger partial charge on any atom is -0.463 e. The van der Waals surface area contributed by atoms with Gasteiger partial charge in [0.1, 0.15) is 18.8 Å². The largest absolute Gasteiger partial charge is 0.463 e. The molecule has 1 aliphatic rings. The van der Waals surface area contributed by atoms with E-state index in [1.54, 1.807) is 0 Å². The van der Waals surface area contributed by atoms with Crippen LogP contribution in [0.5, 0.6) is 0 Å². The number of esters is 3. The fourth-order valence-electron chi connectivity index (χ4n) is 3.76. The average Bonchev–Trinajstić information content (AvgIpc) is 2.84. The van der Waals surface area contributed by atoms with E-state index in [1.807, 2.05) is 0 Å². The molecule has 0 aliphatic carbocycles. The molecule has 5 atom stereocenters. The first kappa shape index (κ1) is 34.0. The van der Waals surface area contributed by atoms with Crippen molar-refractivity contribution in [2.24, 2.45) is 5.73 Å². The van der Waals surface area contributed by atoms with Gasteiger partial charge in [-0.3, -0.25) is 19.2 Å². The SMILES string of the molecule is CC(=O)NC1C(OC(C)=O)[C@@H](OC(C)=O)C(COC(C)=O)O[C@H]1OC(=O)NCCCNCCCNCCCN. The number of carbonyl (C=O) groups excluding carboxylic acids is 5. The molecule has 224 valence electrons. The maximum Gasteiger partial charge on any atom is 0.409 e. The molecule has 1 heterocycles. The molecular formula is C24H43N5O10. The van der Waals surface area contributed by atoms with Gasteiger partial charge in [-0.25, -0.2) is 4.79 Å². The summed E-state index contributed by atoms with van der Waals surface area (Å²) in [7, 11) is 0. The van der Waals surface area contributed by atoms with E-state index < -0.39 is 67.2 Å². The van der Waals surface area contributed by atoms with Gasteiger partial charge in [0.2, 0.25) is 12.2 Å². The minimum atomic E-state index is -1.46. The zero-order chi connectivity index (χ0) is 29.2. The van der Waals surface area contributed by atoms with Crippen molar-refractivity contribution in [3.05, 3.63) is 0 Å². The van der Waals surface area contributed by atoms with E-state index in [9.17, 15) is 24.0 Å². The van der Waals surface area contributed by atoms with Crippen molar-refractivity contribution in [1.29, 1.82) is 0 Å². The molecule has 15 heteroatoms. The van der Waals surface area contributed by atoms with Crippen molar-refractivity contribution >= 4 is 29.9 Å². The van der Waals surface area contributed by atoms with Crippen molar-refractivity contribution in [1.82, 2.24) is 21.3 Å². The Morgan fingerprint density at radius 1 is 0.744 bits per heavy atom. The number of rotatable bonds is 17. The molecule has 3 unspecified atom stereocenters. The fourth-order valence-corrected chi connectivity index (χ4v) is 3.76. The van der Waals surface area contributed by atoms with Gasteiger partial charge in [-0.2, -0.15) is 0 Å². The zero-order valence-corrected chi connectivity index (χ0v) is 23.1. The zero-order valence-electron chi connectivity index (χ0n) is 23.1. The molecule has 0 spiro atoms. The average molecular weight is 562 g/mol. The maximum absolute atomic E-state index is 12.5. The van der Waals surface area contributed by atoms with Gasteiger partial charge in [0.15, 0.2) is 12.2 Å². The molecule has 0 aromatic heterocycles. The lowest BCUT2D eigenvalue weighted by molar-refractivity contribution is -0.263. The van der Waals surface area contributed by atoms with Crippen molar-refractivity contribution in [3.63, 3.8) is 0 Å². The van der Waals surface area contributed by atoms with Crippen molar-refractivity contribution in [2.75, 3.05) is 45.9 Å². The summed E-state index contributed by atoms with van der Waals surface area (Å²) in [6.45, 7) is 8.46. The minimum absolute atomic E-state index is 0.290. The lowest BCUT2D eigenvalue weighted by Crippen LogP contribution is -2.67. The smallest absolute Gasteiger partial charge is 0.409 e. The normalized spacial score (nSPS) is 22.3. The summed E-state index contributed by atoms with van der Waals surface area (Å²) in [5, 5.41) is 11.7. The molecule has 1 rings (SSSR count). The lowest BCUT2D eigenvalue weighted by atomic mass is 9.96. The van der Waals surface area contributed by atoms with Gasteiger partial charge in [-0.1, -0.05) is 0 Å². The third-order valence-corrected chi connectivity index (χ3v) is 5.36. The second kappa shape index (κ2) is 19.1. The second-order valence-corrected chi connectivity index (χ2v) is 8.90. The molecule has 0 radical (unpaired) electrons. The summed E-state index contributed by atoms with van der Waals surface area (Å²) in [6, 6.07) is -1.23. The number of carbonyl (C=O) groups is 5. The summed E-state index contributed by atoms with van der Waals surface area (Å²) in [6.07, 6.45) is -3.54. The van der Waals surface area contributed by atoms with Crippen LogP contribution in [0.25, 0.3) is 0 Å². The molecule has 0 aromatic rings. The van der Waals surface area contributed by atoms with Crippen molar-refractivity contribution in [3.8, 4) is 0 Å². The van der Waals surface area contributed by atoms with Gasteiger partial charge in [0, 0.05) is 34.2 Å². The van der Waals surface area contributed by atoms with Crippen LogP contribution in [0.4, 0.5) is 4.79 Å². The van der Waals surface area contributed by atoms with Crippen LogP contribution in [0.3, 0.4) is 0 Å². The van der Waals surface area contributed by atoms with Gasteiger partial charge in [-0.15, -0.1) is 0 Å². The number of alkyl carbamates (subject to hydrolysis) is 1. The number of nitrogens with one attached hydrogen (secondary N) is 4. The third kappa shape index (κ3) is 14.6. The molecule has 1 fully saturated rings. The molecule has 39 heavy (non-hydrogen) atoms. The molecule has 2 amide bonds. The van der Waals surface area contributed by atoms with Gasteiger partial charge in [0.05, 0.1) is 0 Å². The number of ether oxygens (including phenoxy) is 5. The Hall–Kier alpha value is -3.01. The Morgan fingerprint density at radius 2 is 1.31 bits per heavy atom. The monoisotopic (exact) mass is 561 g/mol. The van der Waals surface area contributed by atoms with Crippen LogP contribution in [0.15, 0.2) is 0 Å². The predicted molar refractivity (Wildman–Crippen MR) is 137 cm³/mol. The van der Waals surface area contributed by atoms with Crippen LogP contribution in [0.2, 0.25) is 0 Å². The van der Waals surface area contributed by atoms with Crippen LogP contribution >= 0.6 is 0 Å².